The van der Waals surface area contributed by atoms with Crippen molar-refractivity contribution in [3.05, 3.63) is 82.0 Å². The van der Waals surface area contributed by atoms with Gasteiger partial charge in [0.25, 0.3) is 0 Å². The third kappa shape index (κ3) is 9.60. The van der Waals surface area contributed by atoms with E-state index >= 15 is 0 Å². The van der Waals surface area contributed by atoms with E-state index in [0.717, 1.165) is 17.3 Å². The van der Waals surface area contributed by atoms with Crippen molar-refractivity contribution in [2.45, 2.75) is 27.7 Å². The van der Waals surface area contributed by atoms with Crippen LogP contribution in [0.1, 0.15) is 27.7 Å². The van der Waals surface area contributed by atoms with Crippen LogP contribution in [-0.2, 0) is 9.59 Å². The Labute approximate surface area is 171 Å². The quantitative estimate of drug-likeness (QED) is 0.317. The third-order valence-corrected chi connectivity index (χ3v) is 4.72. The standard InChI is InChI=1S/C22H26N2O3S/c1-6-8-20(18(5)25)10-7-9-19(16(3)13-23)12-11-15(2)14-28-21(17(4)24)22(26)27/h6-12H,3,14,24H2,1-2,4-5H3,(H,26,27)/b8-6-,9-7+,15-11+,19-12-,20-10+,21-17-. The van der Waals surface area contributed by atoms with E-state index in [9.17, 15) is 9.59 Å². The molecule has 0 aromatic rings. The lowest BCUT2D eigenvalue weighted by atomic mass is 10.1. The van der Waals surface area contributed by atoms with Gasteiger partial charge in [0.05, 0.1) is 11.6 Å². The van der Waals surface area contributed by atoms with Crippen LogP contribution in [0.3, 0.4) is 0 Å². The van der Waals surface area contributed by atoms with Crippen molar-refractivity contribution in [2.75, 3.05) is 5.75 Å². The van der Waals surface area contributed by atoms with E-state index in [2.05, 4.69) is 6.58 Å². The number of hydrogen-bond acceptors (Lipinski definition) is 5. The molecule has 28 heavy (non-hydrogen) atoms. The van der Waals surface area contributed by atoms with Gasteiger partial charge in [-0.15, -0.1) is 11.8 Å². The Balaban J connectivity index is 5.50. The minimum atomic E-state index is -1.05. The number of rotatable bonds is 10. The first kappa shape index (κ1) is 25.0. The van der Waals surface area contributed by atoms with Gasteiger partial charge in [-0.25, -0.2) is 4.79 Å². The van der Waals surface area contributed by atoms with Crippen LogP contribution >= 0.6 is 11.8 Å². The molecule has 0 aliphatic rings. The van der Waals surface area contributed by atoms with Crippen molar-refractivity contribution >= 4 is 23.5 Å². The molecule has 0 saturated heterocycles. The number of Topliss-reactive ketones (excluding diaryl/α,β-unsaturated/α-hetero) is 1. The molecule has 5 nitrogen and oxygen atoms in total. The lowest BCUT2D eigenvalue weighted by Crippen LogP contribution is -2.06. The van der Waals surface area contributed by atoms with Crippen LogP contribution in [-0.4, -0.2) is 22.6 Å². The molecule has 3 N–H and O–H groups in total. The first-order valence-corrected chi connectivity index (χ1v) is 9.43. The molecule has 0 fully saturated rings. The number of carboxylic acid groups (broad SMARTS) is 1. The maximum absolute atomic E-state index is 11.5. The largest absolute Gasteiger partial charge is 0.477 e. The zero-order chi connectivity index (χ0) is 21.7. The summed E-state index contributed by atoms with van der Waals surface area (Å²) in [5.41, 5.74) is 8.16. The highest BCUT2D eigenvalue weighted by Gasteiger charge is 2.10. The molecule has 148 valence electrons. The summed E-state index contributed by atoms with van der Waals surface area (Å²) in [5.74, 6) is -0.667. The van der Waals surface area contributed by atoms with E-state index in [1.165, 1.54) is 6.92 Å². The third-order valence-electron chi connectivity index (χ3n) is 3.33. The normalized spacial score (nSPS) is 14.2. The summed E-state index contributed by atoms with van der Waals surface area (Å²) >= 11 is 1.14. The molecule has 0 radical (unpaired) electrons. The van der Waals surface area contributed by atoms with Gasteiger partial charge in [-0.3, -0.25) is 4.79 Å². The predicted octanol–water partition coefficient (Wildman–Crippen LogP) is 4.59. The smallest absolute Gasteiger partial charge is 0.343 e. The van der Waals surface area contributed by atoms with Gasteiger partial charge < -0.3 is 10.8 Å². The molecule has 0 aromatic carbocycles. The van der Waals surface area contributed by atoms with Crippen LogP contribution in [0.4, 0.5) is 0 Å². The Morgan fingerprint density at radius 2 is 1.79 bits per heavy atom. The second-order valence-corrected chi connectivity index (χ2v) is 6.85. The lowest BCUT2D eigenvalue weighted by molar-refractivity contribution is -0.131. The first-order valence-electron chi connectivity index (χ1n) is 8.45. The number of thioether (sulfide) groups is 1. The number of allylic oxidation sites excluding steroid dienone is 11. The van der Waals surface area contributed by atoms with E-state index in [1.54, 1.807) is 49.5 Å². The number of nitrogens with two attached hydrogens (primary N) is 1. The van der Waals surface area contributed by atoms with Gasteiger partial charge in [-0.05, 0) is 33.3 Å². The van der Waals surface area contributed by atoms with Crippen LogP contribution in [0.25, 0.3) is 0 Å². The molecule has 0 aliphatic carbocycles. The topological polar surface area (TPSA) is 104 Å². The van der Waals surface area contributed by atoms with E-state index in [1.807, 2.05) is 19.9 Å². The van der Waals surface area contributed by atoms with Gasteiger partial charge in [0.1, 0.15) is 4.91 Å². The average Bonchev–Trinajstić information content (AvgIpc) is 2.62. The fourth-order valence-corrected chi connectivity index (χ4v) is 2.68. The van der Waals surface area contributed by atoms with E-state index < -0.39 is 5.97 Å². The molecule has 0 heterocycles. The first-order chi connectivity index (χ1) is 13.1. The molecule has 0 rings (SSSR count). The number of carbonyl (C=O) groups excluding carboxylic acids is 1. The maximum atomic E-state index is 11.5. The Morgan fingerprint density at radius 1 is 1.14 bits per heavy atom. The van der Waals surface area contributed by atoms with E-state index in [4.69, 9.17) is 16.1 Å². The summed E-state index contributed by atoms with van der Waals surface area (Å²) in [6, 6.07) is 2.00. The van der Waals surface area contributed by atoms with Gasteiger partial charge in [-0.2, -0.15) is 5.26 Å². The average molecular weight is 399 g/mol. The number of aliphatic carboxylic acids is 1. The molecule has 0 unspecified atom stereocenters. The predicted molar refractivity (Wildman–Crippen MR) is 116 cm³/mol. The molecular weight excluding hydrogens is 372 g/mol. The van der Waals surface area contributed by atoms with Crippen molar-refractivity contribution < 1.29 is 14.7 Å². The second-order valence-electron chi connectivity index (χ2n) is 5.87. The van der Waals surface area contributed by atoms with Crippen molar-refractivity contribution in [3.63, 3.8) is 0 Å². The molecule has 0 aromatic heterocycles. The monoisotopic (exact) mass is 398 g/mol. The number of carboxylic acids is 1. The highest BCUT2D eigenvalue weighted by atomic mass is 32.2. The maximum Gasteiger partial charge on any atom is 0.343 e. The van der Waals surface area contributed by atoms with Crippen molar-refractivity contribution in [1.29, 1.82) is 5.26 Å². The summed E-state index contributed by atoms with van der Waals surface area (Å²) in [7, 11) is 0. The number of carbonyl (C=O) groups is 2. The minimum Gasteiger partial charge on any atom is -0.477 e. The summed E-state index contributed by atoms with van der Waals surface area (Å²) in [6.45, 7) is 10.4. The highest BCUT2D eigenvalue weighted by Crippen LogP contribution is 2.21. The van der Waals surface area contributed by atoms with Gasteiger partial charge >= 0.3 is 5.97 Å². The summed E-state index contributed by atoms with van der Waals surface area (Å²) in [6.07, 6.45) is 12.1. The lowest BCUT2D eigenvalue weighted by Gasteiger charge is -2.04. The summed E-state index contributed by atoms with van der Waals surface area (Å²) in [5, 5.41) is 18.3. The van der Waals surface area contributed by atoms with Crippen LogP contribution < -0.4 is 5.73 Å². The molecule has 0 atom stereocenters. The molecule has 0 aliphatic heterocycles. The number of hydrogen-bond donors (Lipinski definition) is 2. The number of ketones is 1. The Morgan fingerprint density at radius 3 is 2.25 bits per heavy atom. The molecule has 0 saturated carbocycles. The molecule has 6 heteroatoms. The van der Waals surface area contributed by atoms with Gasteiger partial charge in [0.2, 0.25) is 0 Å². The Bertz CT molecular complexity index is 843. The molecule has 0 spiro atoms. The number of nitrogens with zero attached hydrogens (tertiary/aromatic N) is 1. The van der Waals surface area contributed by atoms with E-state index in [0.29, 0.717) is 16.9 Å². The van der Waals surface area contributed by atoms with Crippen molar-refractivity contribution in [3.8, 4) is 6.07 Å². The van der Waals surface area contributed by atoms with Crippen molar-refractivity contribution in [1.82, 2.24) is 0 Å². The van der Waals surface area contributed by atoms with Gasteiger partial charge in [0.15, 0.2) is 5.78 Å². The summed E-state index contributed by atoms with van der Waals surface area (Å²) in [4.78, 5) is 22.8. The number of nitriles is 1. The molecule has 0 amide bonds. The van der Waals surface area contributed by atoms with Crippen LogP contribution in [0.15, 0.2) is 82.0 Å². The summed E-state index contributed by atoms with van der Waals surface area (Å²) < 4.78 is 0. The van der Waals surface area contributed by atoms with Crippen molar-refractivity contribution in [2.24, 2.45) is 5.73 Å². The molecule has 0 bridgehead atoms. The van der Waals surface area contributed by atoms with Gasteiger partial charge in [-0.1, -0.05) is 54.7 Å². The zero-order valence-electron chi connectivity index (χ0n) is 16.7. The van der Waals surface area contributed by atoms with Crippen LogP contribution in [0.2, 0.25) is 0 Å². The minimum absolute atomic E-state index is 0.0577. The second kappa shape index (κ2) is 13.2. The highest BCUT2D eigenvalue weighted by molar-refractivity contribution is 8.04. The Hall–Kier alpha value is -3.04. The van der Waals surface area contributed by atoms with Gasteiger partial charge in [0, 0.05) is 17.0 Å². The van der Waals surface area contributed by atoms with Crippen LogP contribution in [0, 0.1) is 11.3 Å². The van der Waals surface area contributed by atoms with Crippen LogP contribution in [0.5, 0.6) is 0 Å². The fourth-order valence-electron chi connectivity index (χ4n) is 1.86. The Kier molecular flexibility index (Phi) is 11.7. The zero-order valence-corrected chi connectivity index (χ0v) is 17.5. The molecular formula is C22H26N2O3S. The fraction of sp³-hybridized carbons (Fsp3) is 0.227. The van der Waals surface area contributed by atoms with E-state index in [-0.39, 0.29) is 22.0 Å². The SMILES string of the molecule is C=C(C#N)C(=C\C=C(/C)CS/C(C(=O)O)=C(/C)N)/C=C/C=C(\C=C/C)C(C)=O.